The summed E-state index contributed by atoms with van der Waals surface area (Å²) in [6, 6.07) is 31.1. The van der Waals surface area contributed by atoms with E-state index in [1.165, 1.54) is 0 Å². The maximum absolute atomic E-state index is 14.7. The Kier molecular flexibility index (Phi) is 5.50. The number of benzene rings is 4. The van der Waals surface area contributed by atoms with Crippen molar-refractivity contribution in [2.45, 2.75) is 37.8 Å². The number of ketones is 3. The van der Waals surface area contributed by atoms with Gasteiger partial charge in [0.15, 0.2) is 17.3 Å². The summed E-state index contributed by atoms with van der Waals surface area (Å²) < 4.78 is 0. The number of rotatable bonds is 4. The highest BCUT2D eigenvalue weighted by Gasteiger charge is 2.71. The molecule has 0 radical (unpaired) electrons. The van der Waals surface area contributed by atoms with E-state index in [9.17, 15) is 14.4 Å². The third-order valence-corrected chi connectivity index (χ3v) is 9.00. The predicted octanol–water partition coefficient (Wildman–Crippen LogP) is 7.13. The molecule has 0 saturated carbocycles. The maximum atomic E-state index is 14.7. The van der Waals surface area contributed by atoms with Crippen molar-refractivity contribution in [3.8, 4) is 0 Å². The second-order valence-electron chi connectivity index (χ2n) is 11.3. The normalized spacial score (nSPS) is 22.0. The zero-order chi connectivity index (χ0) is 27.6. The van der Waals surface area contributed by atoms with Crippen molar-refractivity contribution in [3.63, 3.8) is 0 Å². The Balaban J connectivity index is 1.54. The van der Waals surface area contributed by atoms with Gasteiger partial charge in [0.2, 0.25) is 0 Å². The number of hydrogen-bond acceptors (Lipinski definition) is 4. The Morgan fingerprint density at radius 2 is 1.35 bits per heavy atom. The Hall–Kier alpha value is -4.57. The number of Topliss-reactive ketones (excluding diaryl/α,β-unsaturated/α-hetero) is 3. The van der Waals surface area contributed by atoms with E-state index in [2.05, 4.69) is 30.9 Å². The Morgan fingerprint density at radius 1 is 0.750 bits per heavy atom. The summed E-state index contributed by atoms with van der Waals surface area (Å²) in [5, 5.41) is 0. The van der Waals surface area contributed by atoms with Crippen molar-refractivity contribution in [2.75, 3.05) is 4.90 Å². The number of anilines is 1. The molecule has 40 heavy (non-hydrogen) atoms. The lowest BCUT2D eigenvalue weighted by Gasteiger charge is -2.37. The summed E-state index contributed by atoms with van der Waals surface area (Å²) >= 11 is 0. The molecule has 7 rings (SSSR count). The quantitative estimate of drug-likeness (QED) is 0.211. The number of carbonyl (C=O) groups is 3. The van der Waals surface area contributed by atoms with Gasteiger partial charge < -0.3 is 4.90 Å². The molecule has 1 spiro atoms. The summed E-state index contributed by atoms with van der Waals surface area (Å²) in [5.41, 5.74) is 3.79. The second kappa shape index (κ2) is 8.99. The van der Waals surface area contributed by atoms with Gasteiger partial charge in [0.05, 0.1) is 6.04 Å². The fourth-order valence-electron chi connectivity index (χ4n) is 7.15. The average Bonchev–Trinajstić information content (AvgIpc) is 3.43. The van der Waals surface area contributed by atoms with Crippen molar-refractivity contribution in [1.29, 1.82) is 0 Å². The molecule has 1 fully saturated rings. The Morgan fingerprint density at radius 3 is 2.00 bits per heavy atom. The molecule has 4 nitrogen and oxygen atoms in total. The molecule has 0 amide bonds. The van der Waals surface area contributed by atoms with Crippen molar-refractivity contribution in [3.05, 3.63) is 143 Å². The summed E-state index contributed by atoms with van der Waals surface area (Å²) in [6.45, 7) is 4.27. The molecule has 1 saturated heterocycles. The number of fused-ring (bicyclic) bond motifs is 5. The molecule has 2 aliphatic heterocycles. The van der Waals surface area contributed by atoms with Gasteiger partial charge in [-0.15, -0.1) is 0 Å². The van der Waals surface area contributed by atoms with Gasteiger partial charge in [0.1, 0.15) is 11.5 Å². The number of nitrogens with zero attached hydrogens (tertiary/aromatic N) is 1. The lowest BCUT2D eigenvalue weighted by Crippen LogP contribution is -2.48. The Bertz CT molecular complexity index is 1660. The fraction of sp³-hybridized carbons (Fsp3) is 0.194. The zero-order valence-electron chi connectivity index (χ0n) is 22.5. The van der Waals surface area contributed by atoms with Crippen LogP contribution >= 0.6 is 0 Å². The third kappa shape index (κ3) is 3.22. The SMILES string of the molecule is CC(C)c1ccc([C@@H]2[C@@H](C(=O)c3ccccc3)N3c4ccccc4C=C[C@H]3C23C(=O)c2ccccc2C3=O)cc1. The zero-order valence-corrected chi connectivity index (χ0v) is 22.5. The third-order valence-electron chi connectivity index (χ3n) is 9.00. The molecule has 3 atom stereocenters. The van der Waals surface area contributed by atoms with Crippen LogP contribution in [0, 0.1) is 5.41 Å². The van der Waals surface area contributed by atoms with Gasteiger partial charge in [-0.1, -0.05) is 123 Å². The predicted molar refractivity (Wildman–Crippen MR) is 157 cm³/mol. The first-order chi connectivity index (χ1) is 19.4. The fourth-order valence-corrected chi connectivity index (χ4v) is 7.15. The summed E-state index contributed by atoms with van der Waals surface area (Å²) in [4.78, 5) is 46.0. The number of hydrogen-bond donors (Lipinski definition) is 0. The lowest BCUT2D eigenvalue weighted by atomic mass is 9.64. The van der Waals surface area contributed by atoms with E-state index < -0.39 is 23.4 Å². The minimum Gasteiger partial charge on any atom is -0.352 e. The van der Waals surface area contributed by atoms with E-state index >= 15 is 0 Å². The molecule has 196 valence electrons. The molecule has 2 heterocycles. The molecule has 3 aliphatic rings. The Labute approximate surface area is 234 Å². The molecule has 1 aliphatic carbocycles. The van der Waals surface area contributed by atoms with Crippen LogP contribution in [0.3, 0.4) is 0 Å². The van der Waals surface area contributed by atoms with E-state index in [-0.39, 0.29) is 17.3 Å². The molecule has 4 aromatic rings. The highest BCUT2D eigenvalue weighted by Crippen LogP contribution is 2.61. The van der Waals surface area contributed by atoms with Crippen molar-refractivity contribution in [1.82, 2.24) is 0 Å². The van der Waals surface area contributed by atoms with Crippen molar-refractivity contribution in [2.24, 2.45) is 5.41 Å². The molecular weight excluding hydrogens is 494 g/mol. The highest BCUT2D eigenvalue weighted by molar-refractivity contribution is 6.32. The van der Waals surface area contributed by atoms with Crippen LogP contribution in [0.15, 0.2) is 109 Å². The monoisotopic (exact) mass is 523 g/mol. The van der Waals surface area contributed by atoms with E-state index in [0.29, 0.717) is 22.6 Å². The van der Waals surface area contributed by atoms with E-state index in [1.54, 1.807) is 24.3 Å². The summed E-state index contributed by atoms with van der Waals surface area (Å²) in [7, 11) is 0. The topological polar surface area (TPSA) is 54.5 Å². The van der Waals surface area contributed by atoms with Gasteiger partial charge in [0, 0.05) is 28.3 Å². The van der Waals surface area contributed by atoms with E-state index in [1.807, 2.05) is 78.9 Å². The summed E-state index contributed by atoms with van der Waals surface area (Å²) in [6.07, 6.45) is 3.97. The minimum atomic E-state index is -1.47. The lowest BCUT2D eigenvalue weighted by molar-refractivity contribution is 0.0666. The molecular formula is C36H29NO3. The second-order valence-corrected chi connectivity index (χ2v) is 11.3. The smallest absolute Gasteiger partial charge is 0.185 e. The highest BCUT2D eigenvalue weighted by atomic mass is 16.2. The van der Waals surface area contributed by atoms with Gasteiger partial charge in [-0.3, -0.25) is 14.4 Å². The van der Waals surface area contributed by atoms with Crippen molar-refractivity contribution < 1.29 is 14.4 Å². The average molecular weight is 524 g/mol. The van der Waals surface area contributed by atoms with Crippen LogP contribution in [0.2, 0.25) is 0 Å². The van der Waals surface area contributed by atoms with Gasteiger partial charge in [0.25, 0.3) is 0 Å². The first-order valence-corrected chi connectivity index (χ1v) is 13.9. The summed E-state index contributed by atoms with van der Waals surface area (Å²) in [5.74, 6) is -0.855. The van der Waals surface area contributed by atoms with Gasteiger partial charge in [-0.25, -0.2) is 0 Å². The standard InChI is InChI=1S/C36H29NO3/c1-22(2)23-16-18-25(19-17-23)31-32(33(38)26-11-4-3-5-12-26)37-29-15-9-6-10-24(29)20-21-30(37)36(31)34(39)27-13-7-8-14-28(27)35(36)40/h3-22,30-32H,1-2H3/t30-,31+,32-/m0/s1. The number of carbonyl (C=O) groups excluding carboxylic acids is 3. The molecule has 0 unspecified atom stereocenters. The molecule has 0 bridgehead atoms. The first kappa shape index (κ1) is 24.5. The van der Waals surface area contributed by atoms with E-state index in [4.69, 9.17) is 0 Å². The van der Waals surface area contributed by atoms with Crippen LogP contribution in [0.25, 0.3) is 6.08 Å². The van der Waals surface area contributed by atoms with Gasteiger partial charge >= 0.3 is 0 Å². The van der Waals surface area contributed by atoms with Crippen LogP contribution in [0.4, 0.5) is 5.69 Å². The van der Waals surface area contributed by atoms with Crippen LogP contribution in [0.5, 0.6) is 0 Å². The van der Waals surface area contributed by atoms with E-state index in [0.717, 1.165) is 22.4 Å². The van der Waals surface area contributed by atoms with Crippen LogP contribution in [-0.2, 0) is 0 Å². The largest absolute Gasteiger partial charge is 0.352 e. The minimum absolute atomic E-state index is 0.0953. The van der Waals surface area contributed by atoms with Gasteiger partial charge in [-0.2, -0.15) is 0 Å². The molecule has 0 aromatic heterocycles. The first-order valence-electron chi connectivity index (χ1n) is 13.9. The van der Waals surface area contributed by atoms with Gasteiger partial charge in [-0.05, 0) is 28.7 Å². The molecule has 4 heteroatoms. The maximum Gasteiger partial charge on any atom is 0.185 e. The van der Waals surface area contributed by atoms with Crippen molar-refractivity contribution >= 4 is 29.1 Å². The van der Waals surface area contributed by atoms with Crippen LogP contribution in [-0.4, -0.2) is 29.4 Å². The molecule has 4 aromatic carbocycles. The molecule has 0 N–H and O–H groups in total. The van der Waals surface area contributed by atoms with Crippen LogP contribution in [0.1, 0.15) is 73.4 Å². The van der Waals surface area contributed by atoms with Crippen LogP contribution < -0.4 is 4.90 Å². The number of para-hydroxylation sites is 1.